The number of aromatic nitrogens is 3. The number of benzene rings is 1. The van der Waals surface area contributed by atoms with Crippen LogP contribution in [0.15, 0.2) is 41.9 Å². The Balaban J connectivity index is 2.14. The summed E-state index contributed by atoms with van der Waals surface area (Å²) in [6.07, 6.45) is 1.06. The molecule has 0 radical (unpaired) electrons. The second-order valence-electron chi connectivity index (χ2n) is 5.90. The molecule has 0 amide bonds. The molecule has 2 aromatic rings. The number of fused-ring (bicyclic) bond motifs is 1. The SMILES string of the molecule is CC1=C(C(=O)OC(C)C)[C@@H](c2cccc([N+](=O)[O-])c2)n2ncnc2N1. The van der Waals surface area contributed by atoms with Crippen LogP contribution in [0.3, 0.4) is 0 Å². The van der Waals surface area contributed by atoms with E-state index in [2.05, 4.69) is 15.4 Å². The number of esters is 1. The zero-order chi connectivity index (χ0) is 18.1. The van der Waals surface area contributed by atoms with Gasteiger partial charge < -0.3 is 10.1 Å². The van der Waals surface area contributed by atoms with Crippen LogP contribution in [0.4, 0.5) is 11.6 Å². The number of nitro groups is 1. The molecule has 0 aliphatic carbocycles. The summed E-state index contributed by atoms with van der Waals surface area (Å²) in [6.45, 7) is 5.25. The van der Waals surface area contributed by atoms with E-state index in [9.17, 15) is 14.9 Å². The number of hydrogen-bond donors (Lipinski definition) is 1. The van der Waals surface area contributed by atoms with Gasteiger partial charge in [0, 0.05) is 17.8 Å². The lowest BCUT2D eigenvalue weighted by Gasteiger charge is -2.28. The van der Waals surface area contributed by atoms with Crippen molar-refractivity contribution in [3.63, 3.8) is 0 Å². The summed E-state index contributed by atoms with van der Waals surface area (Å²) < 4.78 is 6.87. The molecule has 2 heterocycles. The zero-order valence-corrected chi connectivity index (χ0v) is 14.0. The van der Waals surface area contributed by atoms with Crippen molar-refractivity contribution in [1.29, 1.82) is 0 Å². The lowest BCUT2D eigenvalue weighted by molar-refractivity contribution is -0.384. The molecule has 0 spiro atoms. The van der Waals surface area contributed by atoms with Crippen LogP contribution < -0.4 is 5.32 Å². The Labute approximate surface area is 143 Å². The number of allylic oxidation sites excluding steroid dienone is 1. The van der Waals surface area contributed by atoms with Crippen LogP contribution in [0.1, 0.15) is 32.4 Å². The summed E-state index contributed by atoms with van der Waals surface area (Å²) in [7, 11) is 0. The third-order valence-electron chi connectivity index (χ3n) is 3.75. The van der Waals surface area contributed by atoms with Crippen LogP contribution in [0.2, 0.25) is 0 Å². The number of non-ortho nitro benzene ring substituents is 1. The fraction of sp³-hybridized carbons (Fsp3) is 0.312. The molecular weight excluding hydrogens is 326 g/mol. The van der Waals surface area contributed by atoms with Gasteiger partial charge in [0.05, 0.1) is 16.6 Å². The van der Waals surface area contributed by atoms with Gasteiger partial charge in [-0.25, -0.2) is 9.48 Å². The van der Waals surface area contributed by atoms with Gasteiger partial charge >= 0.3 is 5.97 Å². The second-order valence-corrected chi connectivity index (χ2v) is 5.90. The predicted octanol–water partition coefficient (Wildman–Crippen LogP) is 2.43. The normalized spacial score (nSPS) is 16.4. The first-order chi connectivity index (χ1) is 11.9. The molecule has 0 saturated carbocycles. The number of carbonyl (C=O) groups excluding carboxylic acids is 1. The highest BCUT2D eigenvalue weighted by Gasteiger charge is 2.35. The molecule has 1 aliphatic heterocycles. The Morgan fingerprint density at radius 2 is 2.20 bits per heavy atom. The van der Waals surface area contributed by atoms with E-state index in [1.165, 1.54) is 23.1 Å². The lowest BCUT2D eigenvalue weighted by Crippen LogP contribution is -2.30. The minimum Gasteiger partial charge on any atom is -0.459 e. The Hall–Kier alpha value is -3.23. The molecule has 1 aromatic heterocycles. The molecule has 1 aromatic carbocycles. The standard InChI is InChI=1S/C16H17N5O4/c1-9(2)25-15(22)13-10(3)19-16-17-8-18-20(16)14(13)11-5-4-6-12(7-11)21(23)24/h4-9,14H,1-3H3,(H,17,18,19)/t14-/m1/s1. The average Bonchev–Trinajstić information content (AvgIpc) is 3.00. The van der Waals surface area contributed by atoms with Gasteiger partial charge in [-0.15, -0.1) is 0 Å². The smallest absolute Gasteiger partial charge is 0.338 e. The number of rotatable bonds is 4. The van der Waals surface area contributed by atoms with E-state index < -0.39 is 16.9 Å². The molecule has 1 N–H and O–H groups in total. The Bertz CT molecular complexity index is 871. The van der Waals surface area contributed by atoms with Crippen LogP contribution >= 0.6 is 0 Å². The Morgan fingerprint density at radius 3 is 2.88 bits per heavy atom. The highest BCUT2D eigenvalue weighted by Crippen LogP contribution is 2.36. The van der Waals surface area contributed by atoms with Crippen molar-refractivity contribution in [2.45, 2.75) is 32.9 Å². The van der Waals surface area contributed by atoms with E-state index in [1.54, 1.807) is 32.9 Å². The third-order valence-corrected chi connectivity index (χ3v) is 3.75. The number of hydrogen-bond acceptors (Lipinski definition) is 7. The summed E-state index contributed by atoms with van der Waals surface area (Å²) in [5.74, 6) is -0.0484. The highest BCUT2D eigenvalue weighted by atomic mass is 16.6. The van der Waals surface area contributed by atoms with E-state index in [4.69, 9.17) is 4.74 Å². The number of nitrogens with zero attached hydrogens (tertiary/aromatic N) is 4. The molecule has 9 nitrogen and oxygen atoms in total. The number of carbonyl (C=O) groups is 1. The molecule has 0 saturated heterocycles. The maximum Gasteiger partial charge on any atom is 0.338 e. The van der Waals surface area contributed by atoms with Gasteiger partial charge in [-0.05, 0) is 26.3 Å². The predicted molar refractivity (Wildman–Crippen MR) is 88.8 cm³/mol. The summed E-state index contributed by atoms with van der Waals surface area (Å²) >= 11 is 0. The number of ether oxygens (including phenoxy) is 1. The van der Waals surface area contributed by atoms with Gasteiger partial charge in [0.1, 0.15) is 12.4 Å². The van der Waals surface area contributed by atoms with Gasteiger partial charge in [-0.1, -0.05) is 12.1 Å². The third kappa shape index (κ3) is 3.08. The molecule has 130 valence electrons. The van der Waals surface area contributed by atoms with Crippen molar-refractivity contribution in [2.75, 3.05) is 5.32 Å². The van der Waals surface area contributed by atoms with Crippen LogP contribution in [-0.2, 0) is 9.53 Å². The molecule has 9 heteroatoms. The van der Waals surface area contributed by atoms with Gasteiger partial charge in [0.15, 0.2) is 0 Å². The molecule has 3 rings (SSSR count). The fourth-order valence-corrected chi connectivity index (χ4v) is 2.75. The summed E-state index contributed by atoms with van der Waals surface area (Å²) in [5.41, 5.74) is 1.40. The van der Waals surface area contributed by atoms with Crippen molar-refractivity contribution in [2.24, 2.45) is 0 Å². The zero-order valence-electron chi connectivity index (χ0n) is 14.0. The van der Waals surface area contributed by atoms with E-state index in [1.807, 2.05) is 0 Å². The van der Waals surface area contributed by atoms with Crippen molar-refractivity contribution in [1.82, 2.24) is 14.8 Å². The van der Waals surface area contributed by atoms with E-state index in [0.717, 1.165) is 0 Å². The molecular formula is C16H17N5O4. The second kappa shape index (κ2) is 6.34. The van der Waals surface area contributed by atoms with Gasteiger partial charge in [-0.2, -0.15) is 10.1 Å². The molecule has 0 unspecified atom stereocenters. The molecule has 25 heavy (non-hydrogen) atoms. The maximum absolute atomic E-state index is 12.6. The highest BCUT2D eigenvalue weighted by molar-refractivity contribution is 5.92. The Kier molecular flexibility index (Phi) is 4.22. The van der Waals surface area contributed by atoms with Gasteiger partial charge in [0.2, 0.25) is 5.95 Å². The van der Waals surface area contributed by atoms with E-state index in [-0.39, 0.29) is 11.8 Å². The van der Waals surface area contributed by atoms with Crippen molar-refractivity contribution < 1.29 is 14.5 Å². The monoisotopic (exact) mass is 343 g/mol. The number of anilines is 1. The maximum atomic E-state index is 12.6. The Morgan fingerprint density at radius 1 is 1.44 bits per heavy atom. The summed E-state index contributed by atoms with van der Waals surface area (Å²) in [5, 5.41) is 18.3. The first-order valence-corrected chi connectivity index (χ1v) is 7.71. The summed E-state index contributed by atoms with van der Waals surface area (Å²) in [4.78, 5) is 27.4. The summed E-state index contributed by atoms with van der Waals surface area (Å²) in [6, 6.07) is 5.45. The lowest BCUT2D eigenvalue weighted by atomic mass is 9.95. The largest absolute Gasteiger partial charge is 0.459 e. The fourth-order valence-electron chi connectivity index (χ4n) is 2.75. The van der Waals surface area contributed by atoms with Gasteiger partial charge in [-0.3, -0.25) is 10.1 Å². The molecule has 1 aliphatic rings. The molecule has 1 atom stereocenters. The molecule has 0 bridgehead atoms. The number of nitro benzene ring substituents is 1. The van der Waals surface area contributed by atoms with Crippen molar-refractivity contribution in [3.8, 4) is 0 Å². The van der Waals surface area contributed by atoms with Gasteiger partial charge in [0.25, 0.3) is 5.69 Å². The first-order valence-electron chi connectivity index (χ1n) is 7.71. The number of nitrogens with one attached hydrogen (secondary N) is 1. The van der Waals surface area contributed by atoms with E-state index in [0.29, 0.717) is 22.8 Å². The van der Waals surface area contributed by atoms with Crippen LogP contribution in [0.25, 0.3) is 0 Å². The van der Waals surface area contributed by atoms with Crippen LogP contribution in [-0.4, -0.2) is 31.8 Å². The van der Waals surface area contributed by atoms with E-state index >= 15 is 0 Å². The molecule has 0 fully saturated rings. The van der Waals surface area contributed by atoms with Crippen LogP contribution in [0.5, 0.6) is 0 Å². The van der Waals surface area contributed by atoms with Crippen molar-refractivity contribution in [3.05, 3.63) is 57.5 Å². The van der Waals surface area contributed by atoms with Crippen molar-refractivity contribution >= 4 is 17.6 Å². The van der Waals surface area contributed by atoms with Crippen LogP contribution in [0, 0.1) is 10.1 Å². The first kappa shape index (κ1) is 16.6. The average molecular weight is 343 g/mol. The minimum atomic E-state index is -0.662. The minimum absolute atomic E-state index is 0.0630. The topological polar surface area (TPSA) is 112 Å². The quantitative estimate of drug-likeness (QED) is 0.515.